The minimum Gasteiger partial charge on any atom is -0.496 e. The molecule has 0 radical (unpaired) electrons. The van der Waals surface area contributed by atoms with E-state index >= 15 is 0 Å². The van der Waals surface area contributed by atoms with Crippen molar-refractivity contribution in [2.75, 3.05) is 26.7 Å². The predicted octanol–water partition coefficient (Wildman–Crippen LogP) is 4.61. The molecule has 2 aromatic rings. The molecule has 0 aromatic heterocycles. The molecular weight excluding hydrogens is 499 g/mol. The number of para-hydroxylation sites is 1. The van der Waals surface area contributed by atoms with Gasteiger partial charge < -0.3 is 20.1 Å². The molecule has 10 heteroatoms. The molecule has 7 nitrogen and oxygen atoms in total. The molecule has 1 aliphatic rings. The Kier molecular flexibility index (Phi) is 9.27. The first-order valence-corrected chi connectivity index (χ1v) is 12.1. The van der Waals surface area contributed by atoms with Crippen LogP contribution in [-0.2, 0) is 14.4 Å². The van der Waals surface area contributed by atoms with Gasteiger partial charge in [-0.1, -0.05) is 53.2 Å². The molecule has 1 fully saturated rings. The molecular formula is C24H24Cl2N2O5S. The fourth-order valence-corrected chi connectivity index (χ4v) is 5.05. The fraction of sp³-hybridized carbons (Fsp3) is 0.292. The smallest absolute Gasteiger partial charge is 0.322 e. The van der Waals surface area contributed by atoms with Gasteiger partial charge in [0.2, 0.25) is 11.8 Å². The molecule has 2 N–H and O–H groups in total. The van der Waals surface area contributed by atoms with E-state index in [1.54, 1.807) is 24.2 Å². The number of carbonyl (C=O) groups excluding carboxylic acids is 2. The van der Waals surface area contributed by atoms with E-state index in [-0.39, 0.29) is 17.7 Å². The third-order valence-corrected chi connectivity index (χ3v) is 7.49. The van der Waals surface area contributed by atoms with Crippen LogP contribution in [-0.4, -0.2) is 54.5 Å². The molecule has 0 bridgehead atoms. The number of carboxylic acid groups (broad SMARTS) is 1. The minimum absolute atomic E-state index is 0.191. The number of likely N-dealkylation sites (tertiary alicyclic amines) is 1. The number of ether oxygens (including phenoxy) is 1. The molecule has 0 spiro atoms. The molecule has 1 heterocycles. The summed E-state index contributed by atoms with van der Waals surface area (Å²) in [6.45, 7) is 0.425. The van der Waals surface area contributed by atoms with E-state index in [4.69, 9.17) is 33.0 Å². The van der Waals surface area contributed by atoms with Crippen molar-refractivity contribution in [3.63, 3.8) is 0 Å². The van der Waals surface area contributed by atoms with Gasteiger partial charge in [-0.3, -0.25) is 14.4 Å². The van der Waals surface area contributed by atoms with Crippen molar-refractivity contribution in [2.45, 2.75) is 22.6 Å². The Morgan fingerprint density at radius 3 is 2.50 bits per heavy atom. The van der Waals surface area contributed by atoms with E-state index in [0.29, 0.717) is 41.5 Å². The van der Waals surface area contributed by atoms with Crippen molar-refractivity contribution in [3.8, 4) is 5.75 Å². The zero-order chi connectivity index (χ0) is 24.7. The quantitative estimate of drug-likeness (QED) is 0.491. The maximum absolute atomic E-state index is 12.6. The van der Waals surface area contributed by atoms with Crippen LogP contribution in [0.4, 0.5) is 0 Å². The number of rotatable bonds is 8. The number of methoxy groups -OCH3 is 1. The molecule has 180 valence electrons. The summed E-state index contributed by atoms with van der Waals surface area (Å²) in [5.74, 6) is -1.14. The Hall–Kier alpha value is -2.68. The van der Waals surface area contributed by atoms with Crippen LogP contribution in [0.3, 0.4) is 0 Å². The van der Waals surface area contributed by atoms with Crippen LogP contribution in [0.25, 0.3) is 6.08 Å². The van der Waals surface area contributed by atoms with Gasteiger partial charge in [0.05, 0.1) is 22.1 Å². The third-order valence-electron chi connectivity index (χ3n) is 5.36. The van der Waals surface area contributed by atoms with E-state index in [1.165, 1.54) is 17.8 Å². The van der Waals surface area contributed by atoms with Gasteiger partial charge in [0.25, 0.3) is 0 Å². The number of amides is 2. The van der Waals surface area contributed by atoms with Gasteiger partial charge in [0, 0.05) is 30.0 Å². The van der Waals surface area contributed by atoms with Gasteiger partial charge in [-0.25, -0.2) is 0 Å². The maximum Gasteiger partial charge on any atom is 0.322 e. The summed E-state index contributed by atoms with van der Waals surface area (Å²) < 4.78 is 5.38. The number of carboxylic acids is 1. The van der Waals surface area contributed by atoms with E-state index in [1.807, 2.05) is 30.3 Å². The molecule has 0 atom stereocenters. The topological polar surface area (TPSA) is 95.9 Å². The molecule has 0 unspecified atom stereocenters. The van der Waals surface area contributed by atoms with Gasteiger partial charge in [-0.2, -0.15) is 0 Å². The lowest BCUT2D eigenvalue weighted by Crippen LogP contribution is -2.43. The van der Waals surface area contributed by atoms with Crippen LogP contribution < -0.4 is 10.1 Å². The maximum atomic E-state index is 12.6. The first-order valence-electron chi connectivity index (χ1n) is 10.6. The van der Waals surface area contributed by atoms with Crippen molar-refractivity contribution < 1.29 is 24.2 Å². The molecule has 1 aliphatic heterocycles. The number of aliphatic carboxylic acids is 1. The van der Waals surface area contributed by atoms with Gasteiger partial charge in [0.15, 0.2) is 0 Å². The summed E-state index contributed by atoms with van der Waals surface area (Å²) in [6.07, 6.45) is 4.02. The number of benzene rings is 2. The lowest BCUT2D eigenvalue weighted by Gasteiger charge is -2.30. The lowest BCUT2D eigenvalue weighted by molar-refractivity contribution is -0.139. The number of carbonyl (C=O) groups is 3. The van der Waals surface area contributed by atoms with Gasteiger partial charge in [0.1, 0.15) is 12.3 Å². The second-order valence-electron chi connectivity index (χ2n) is 7.58. The minimum atomic E-state index is -1.09. The van der Waals surface area contributed by atoms with E-state index in [0.717, 1.165) is 15.5 Å². The molecule has 34 heavy (non-hydrogen) atoms. The highest BCUT2D eigenvalue weighted by atomic mass is 35.5. The summed E-state index contributed by atoms with van der Waals surface area (Å²) in [7, 11) is 1.61. The predicted molar refractivity (Wildman–Crippen MR) is 133 cm³/mol. The van der Waals surface area contributed by atoms with Crippen molar-refractivity contribution >= 4 is 58.8 Å². The van der Waals surface area contributed by atoms with Crippen molar-refractivity contribution in [2.24, 2.45) is 5.92 Å². The van der Waals surface area contributed by atoms with Crippen molar-refractivity contribution in [3.05, 3.63) is 58.1 Å². The number of nitrogens with one attached hydrogen (secondary N) is 1. The Labute approximate surface area is 212 Å². The highest BCUT2D eigenvalue weighted by Crippen LogP contribution is 2.42. The molecule has 0 aliphatic carbocycles. The number of piperidine rings is 1. The summed E-state index contributed by atoms with van der Waals surface area (Å²) in [5, 5.41) is 11.8. The monoisotopic (exact) mass is 522 g/mol. The van der Waals surface area contributed by atoms with Crippen LogP contribution in [0.1, 0.15) is 18.4 Å². The Morgan fingerprint density at radius 1 is 1.12 bits per heavy atom. The Morgan fingerprint density at radius 2 is 1.82 bits per heavy atom. The van der Waals surface area contributed by atoms with Crippen LogP contribution >= 0.6 is 35.0 Å². The summed E-state index contributed by atoms with van der Waals surface area (Å²) in [5.41, 5.74) is 0.618. The molecule has 0 saturated carbocycles. The Bertz CT molecular complexity index is 1100. The SMILES string of the molecule is COc1ccccc1Sc1ccc(C=CC(=O)N2CCC(C(=O)NCC(=O)O)CC2)c(Cl)c1Cl. The molecule has 2 aromatic carbocycles. The van der Waals surface area contributed by atoms with Crippen LogP contribution in [0.5, 0.6) is 5.75 Å². The van der Waals surface area contributed by atoms with Crippen LogP contribution in [0.2, 0.25) is 10.0 Å². The van der Waals surface area contributed by atoms with Crippen molar-refractivity contribution in [1.82, 2.24) is 10.2 Å². The standard InChI is InChI=1S/C24H24Cl2N2O5S/c1-33-17-4-2-3-5-18(17)34-19-8-6-15(22(25)23(19)26)7-9-20(29)28-12-10-16(11-13-28)24(32)27-14-21(30)31/h2-9,16H,10-14H2,1H3,(H,27,32)(H,30,31). The summed E-state index contributed by atoms with van der Waals surface area (Å²) >= 11 is 14.4. The third kappa shape index (κ3) is 6.68. The number of nitrogens with zero attached hydrogens (tertiary/aromatic N) is 1. The average Bonchev–Trinajstić information content (AvgIpc) is 2.85. The summed E-state index contributed by atoms with van der Waals surface area (Å²) in [4.78, 5) is 38.5. The van der Waals surface area contributed by atoms with Gasteiger partial charge >= 0.3 is 5.97 Å². The summed E-state index contributed by atoms with van der Waals surface area (Å²) in [6, 6.07) is 11.2. The second-order valence-corrected chi connectivity index (χ2v) is 9.42. The first kappa shape index (κ1) is 25.9. The van der Waals surface area contributed by atoms with Crippen molar-refractivity contribution in [1.29, 1.82) is 0 Å². The van der Waals surface area contributed by atoms with E-state index in [9.17, 15) is 14.4 Å². The average molecular weight is 523 g/mol. The van der Waals surface area contributed by atoms with Gasteiger partial charge in [-0.05, 0) is 42.7 Å². The number of hydrogen-bond donors (Lipinski definition) is 2. The first-order chi connectivity index (χ1) is 16.3. The highest BCUT2D eigenvalue weighted by molar-refractivity contribution is 7.99. The normalized spacial score (nSPS) is 14.3. The Balaban J connectivity index is 1.60. The number of halogens is 2. The largest absolute Gasteiger partial charge is 0.496 e. The van der Waals surface area contributed by atoms with Crippen LogP contribution in [0, 0.1) is 5.92 Å². The second kappa shape index (κ2) is 12.1. The van der Waals surface area contributed by atoms with E-state index in [2.05, 4.69) is 5.32 Å². The fourth-order valence-electron chi connectivity index (χ4n) is 3.51. The van der Waals surface area contributed by atoms with Crippen LogP contribution in [0.15, 0.2) is 52.3 Å². The molecule has 3 rings (SSSR count). The van der Waals surface area contributed by atoms with E-state index < -0.39 is 12.5 Å². The zero-order valence-corrected chi connectivity index (χ0v) is 20.8. The lowest BCUT2D eigenvalue weighted by atomic mass is 9.96. The molecule has 1 saturated heterocycles. The number of hydrogen-bond acceptors (Lipinski definition) is 5. The zero-order valence-electron chi connectivity index (χ0n) is 18.4. The van der Waals surface area contributed by atoms with Gasteiger partial charge in [-0.15, -0.1) is 0 Å². The molecule has 2 amide bonds. The highest BCUT2D eigenvalue weighted by Gasteiger charge is 2.26.